The molecule has 72 valence electrons. The molecule has 5 heteroatoms. The Morgan fingerprint density at radius 1 is 1.33 bits per heavy atom. The van der Waals surface area contributed by atoms with Gasteiger partial charge < -0.3 is 8.90 Å². The number of nitrogens with zero attached hydrogens (tertiary/aromatic N) is 1. The number of aromatic hydroxyl groups is 1. The lowest BCUT2D eigenvalue weighted by Gasteiger charge is -2.03. The van der Waals surface area contributed by atoms with E-state index in [4.69, 9.17) is 0 Å². The van der Waals surface area contributed by atoms with Crippen molar-refractivity contribution in [2.45, 2.75) is 0 Å². The molecule has 15 heavy (non-hydrogen) atoms. The van der Waals surface area contributed by atoms with Crippen LogP contribution in [-0.4, -0.2) is 32.7 Å². The number of rotatable bonds is 1. The molecule has 1 aromatic carbocycles. The van der Waals surface area contributed by atoms with Gasteiger partial charge in [-0.3, -0.25) is 0 Å². The first-order chi connectivity index (χ1) is 7.22. The Balaban J connectivity index is 2.64. The standard InChI is InChI=1S/C10H7NO3.Al/c12-8-3-1-2-6-4-5-7(10(13)14)11-9(6)8;/h1-5,12H,(H,13,14);/q;+1/p-1. The van der Waals surface area contributed by atoms with Crippen molar-refractivity contribution in [2.75, 3.05) is 0 Å². The number of phenolic OH excluding ortho intramolecular Hbond substituents is 1. The molecule has 0 bridgehead atoms. The largest absolute Gasteiger partial charge is 0.623 e. The van der Waals surface area contributed by atoms with E-state index in [0.717, 1.165) is 5.39 Å². The molecule has 0 unspecified atom stereocenters. The highest BCUT2D eigenvalue weighted by atomic mass is 27.1. The summed E-state index contributed by atoms with van der Waals surface area (Å²) in [6, 6.07) is 8.29. The molecule has 2 radical (unpaired) electrons. The second kappa shape index (κ2) is 3.89. The fraction of sp³-hybridized carbons (Fsp3) is 0. The van der Waals surface area contributed by atoms with Gasteiger partial charge in [0.1, 0.15) is 17.0 Å². The third-order valence-corrected chi connectivity index (χ3v) is 2.23. The van der Waals surface area contributed by atoms with Gasteiger partial charge in [-0.05, 0) is 12.1 Å². The number of hydrogen-bond acceptors (Lipinski definition) is 4. The zero-order chi connectivity index (χ0) is 10.8. The fourth-order valence-corrected chi connectivity index (χ4v) is 1.43. The summed E-state index contributed by atoms with van der Waals surface area (Å²) < 4.78 is 4.46. The van der Waals surface area contributed by atoms with Crippen LogP contribution in [0.4, 0.5) is 0 Å². The highest BCUT2D eigenvalue weighted by Crippen LogP contribution is 2.22. The van der Waals surface area contributed by atoms with Crippen molar-refractivity contribution in [1.29, 1.82) is 0 Å². The van der Waals surface area contributed by atoms with Gasteiger partial charge in [0, 0.05) is 5.39 Å². The molecule has 0 aliphatic rings. The lowest BCUT2D eigenvalue weighted by atomic mass is 10.2. The molecule has 0 atom stereocenters. The second-order valence-corrected chi connectivity index (χ2v) is 3.19. The van der Waals surface area contributed by atoms with Gasteiger partial charge in [0.05, 0.1) is 0 Å². The molecule has 0 spiro atoms. The maximum Gasteiger partial charge on any atom is 0.485 e. The maximum atomic E-state index is 11.2. The van der Waals surface area contributed by atoms with Crippen molar-refractivity contribution in [3.63, 3.8) is 0 Å². The Hall–Kier alpha value is -1.57. The predicted octanol–water partition coefficient (Wildman–Crippen LogP) is 1.18. The molecule has 0 fully saturated rings. The zero-order valence-electron chi connectivity index (χ0n) is 7.68. The highest BCUT2D eigenvalue weighted by molar-refractivity contribution is 6.09. The minimum Gasteiger partial charge on any atom is -0.623 e. The van der Waals surface area contributed by atoms with Gasteiger partial charge in [-0.15, -0.1) is 0 Å². The van der Waals surface area contributed by atoms with E-state index in [1.807, 2.05) is 16.6 Å². The summed E-state index contributed by atoms with van der Waals surface area (Å²) in [4.78, 5) is 15.2. The maximum absolute atomic E-state index is 11.2. The van der Waals surface area contributed by atoms with E-state index in [1.165, 1.54) is 6.07 Å². The number of fused-ring (bicyclic) bond motifs is 1. The van der Waals surface area contributed by atoms with Crippen LogP contribution in [0.3, 0.4) is 0 Å². The molecular formula is C10H6AlNO3. The van der Waals surface area contributed by atoms with Crippen LogP contribution >= 0.6 is 0 Å². The van der Waals surface area contributed by atoms with Crippen molar-refractivity contribution in [1.82, 2.24) is 4.98 Å². The number of hydrogen-bond donors (Lipinski definition) is 1. The van der Waals surface area contributed by atoms with Crippen molar-refractivity contribution in [3.8, 4) is 5.75 Å². The molecule has 1 aromatic heterocycles. The third-order valence-electron chi connectivity index (χ3n) is 2.02. The quantitative estimate of drug-likeness (QED) is 0.725. The minimum atomic E-state index is -0.551. The summed E-state index contributed by atoms with van der Waals surface area (Å²) in [5.41, 5.74) is 0.560. The summed E-state index contributed by atoms with van der Waals surface area (Å²) in [5, 5.41) is 10.3. The summed E-state index contributed by atoms with van der Waals surface area (Å²) in [6.45, 7) is 0. The average Bonchev–Trinajstić information content (AvgIpc) is 2.28. The number of para-hydroxylation sites is 1. The normalized spacial score (nSPS) is 10.1. The van der Waals surface area contributed by atoms with E-state index in [9.17, 15) is 9.90 Å². The first-order valence-electron chi connectivity index (χ1n) is 4.22. The smallest absolute Gasteiger partial charge is 0.485 e. The summed E-state index contributed by atoms with van der Waals surface area (Å²) in [6.07, 6.45) is 0. The van der Waals surface area contributed by atoms with Gasteiger partial charge in [0.25, 0.3) is 0 Å². The number of carbonyl (C=O) groups excluding carboxylic acids is 1. The van der Waals surface area contributed by atoms with Crippen LogP contribution in [0.25, 0.3) is 10.9 Å². The first-order valence-corrected chi connectivity index (χ1v) is 4.69. The van der Waals surface area contributed by atoms with Gasteiger partial charge in [-0.25, -0.2) is 9.78 Å². The number of aromatic nitrogens is 1. The molecule has 0 saturated heterocycles. The molecule has 0 aliphatic heterocycles. The Kier molecular flexibility index (Phi) is 2.59. The van der Waals surface area contributed by atoms with Crippen LogP contribution in [0.15, 0.2) is 30.3 Å². The fourth-order valence-electron chi connectivity index (χ4n) is 1.31. The van der Waals surface area contributed by atoms with E-state index in [-0.39, 0.29) is 11.4 Å². The SMILES string of the molecule is O=C([O][Al])c1ccc2cccc(O)c2n1. The zero-order valence-corrected chi connectivity index (χ0v) is 8.83. The summed E-state index contributed by atoms with van der Waals surface area (Å²) in [5.74, 6) is -0.504. The molecule has 4 nitrogen and oxygen atoms in total. The van der Waals surface area contributed by atoms with Crippen molar-refractivity contribution >= 4 is 33.5 Å². The van der Waals surface area contributed by atoms with E-state index in [2.05, 4.69) is 8.77 Å². The number of pyridine rings is 1. The van der Waals surface area contributed by atoms with Crippen molar-refractivity contribution < 1.29 is 13.7 Å². The molecule has 0 saturated carbocycles. The van der Waals surface area contributed by atoms with Crippen LogP contribution in [-0.2, 0) is 3.79 Å². The highest BCUT2D eigenvalue weighted by Gasteiger charge is 2.08. The lowest BCUT2D eigenvalue weighted by Crippen LogP contribution is -2.04. The second-order valence-electron chi connectivity index (χ2n) is 2.95. The van der Waals surface area contributed by atoms with Gasteiger partial charge in [-0.2, -0.15) is 0 Å². The van der Waals surface area contributed by atoms with Crippen LogP contribution in [0.1, 0.15) is 10.5 Å². The van der Waals surface area contributed by atoms with E-state index in [1.54, 1.807) is 24.3 Å². The van der Waals surface area contributed by atoms with E-state index >= 15 is 0 Å². The Bertz CT molecular complexity index is 527. The first kappa shape index (κ1) is 9.97. The van der Waals surface area contributed by atoms with E-state index < -0.39 is 5.97 Å². The van der Waals surface area contributed by atoms with Gasteiger partial charge in [0.2, 0.25) is 0 Å². The van der Waals surface area contributed by atoms with Crippen LogP contribution in [0, 0.1) is 0 Å². The van der Waals surface area contributed by atoms with Crippen LogP contribution in [0.2, 0.25) is 0 Å². The van der Waals surface area contributed by atoms with Crippen molar-refractivity contribution in [2.24, 2.45) is 0 Å². The summed E-state index contributed by atoms with van der Waals surface area (Å²) >= 11 is 1.86. The Morgan fingerprint density at radius 3 is 2.87 bits per heavy atom. The molecule has 1 N–H and O–H groups in total. The van der Waals surface area contributed by atoms with Crippen LogP contribution in [0.5, 0.6) is 5.75 Å². The topological polar surface area (TPSA) is 59.4 Å². The molecule has 2 aromatic rings. The Labute approximate surface area is 94.3 Å². The molecule has 1 heterocycles. The van der Waals surface area contributed by atoms with Gasteiger partial charge in [-0.1, -0.05) is 18.2 Å². The number of benzene rings is 1. The third kappa shape index (κ3) is 1.80. The molecule has 2 rings (SSSR count). The van der Waals surface area contributed by atoms with Gasteiger partial charge in [0.15, 0.2) is 0 Å². The molecule has 0 aliphatic carbocycles. The summed E-state index contributed by atoms with van der Waals surface area (Å²) in [7, 11) is 0. The Morgan fingerprint density at radius 2 is 2.13 bits per heavy atom. The monoisotopic (exact) mass is 215 g/mol. The molecular weight excluding hydrogens is 209 g/mol. The van der Waals surface area contributed by atoms with Crippen molar-refractivity contribution in [3.05, 3.63) is 36.0 Å². The lowest BCUT2D eigenvalue weighted by molar-refractivity contribution is 0.0744. The average molecular weight is 215 g/mol. The number of phenols is 1. The minimum absolute atomic E-state index is 0.0471. The van der Waals surface area contributed by atoms with Crippen LogP contribution < -0.4 is 0 Å². The van der Waals surface area contributed by atoms with Gasteiger partial charge >= 0.3 is 22.6 Å². The predicted molar refractivity (Wildman–Crippen MR) is 54.6 cm³/mol. The molecule has 0 amide bonds. The number of carbonyl (C=O) groups is 1. The van der Waals surface area contributed by atoms with E-state index in [0.29, 0.717) is 5.52 Å².